The van der Waals surface area contributed by atoms with Crippen LogP contribution in [-0.2, 0) is 6.42 Å². The fraction of sp³-hybridized carbons (Fsp3) is 0.292. The van der Waals surface area contributed by atoms with Gasteiger partial charge in [0.25, 0.3) is 0 Å². The molecule has 1 heteroatoms. The molecule has 0 radical (unpaired) electrons. The van der Waals surface area contributed by atoms with Crippen molar-refractivity contribution in [1.82, 2.24) is 0 Å². The summed E-state index contributed by atoms with van der Waals surface area (Å²) in [6, 6.07) is 13.1. The smallest absolute Gasteiger partial charge is 0.0684 e. The number of hydrogen-bond donors (Lipinski definition) is 0. The SMILES string of the molecule is CC1=CC(c2ccccc2CC=Nc2c(C)cc(C)cc2C)C(C)=C1. The van der Waals surface area contributed by atoms with Crippen LogP contribution in [0.15, 0.2) is 64.7 Å². The summed E-state index contributed by atoms with van der Waals surface area (Å²) >= 11 is 0. The first-order chi connectivity index (χ1) is 12.0. The average Bonchev–Trinajstić information content (AvgIpc) is 2.88. The van der Waals surface area contributed by atoms with Gasteiger partial charge in [-0.15, -0.1) is 0 Å². The summed E-state index contributed by atoms with van der Waals surface area (Å²) in [5, 5.41) is 0. The van der Waals surface area contributed by atoms with E-state index >= 15 is 0 Å². The third-order valence-corrected chi connectivity index (χ3v) is 4.93. The van der Waals surface area contributed by atoms with Crippen molar-refractivity contribution in [2.24, 2.45) is 4.99 Å². The monoisotopic (exact) mass is 329 g/mol. The molecule has 0 spiro atoms. The number of benzene rings is 2. The number of hydrogen-bond acceptors (Lipinski definition) is 1. The normalized spacial score (nSPS) is 17.1. The second-order valence-electron chi connectivity index (χ2n) is 7.24. The van der Waals surface area contributed by atoms with Crippen LogP contribution in [0.2, 0.25) is 0 Å². The average molecular weight is 329 g/mol. The molecule has 0 saturated carbocycles. The quantitative estimate of drug-likeness (QED) is 0.564. The highest BCUT2D eigenvalue weighted by Crippen LogP contribution is 2.34. The van der Waals surface area contributed by atoms with Crippen LogP contribution in [0.25, 0.3) is 0 Å². The van der Waals surface area contributed by atoms with Crippen molar-refractivity contribution in [3.8, 4) is 0 Å². The first kappa shape index (κ1) is 17.4. The van der Waals surface area contributed by atoms with Crippen LogP contribution in [-0.4, -0.2) is 6.21 Å². The summed E-state index contributed by atoms with van der Waals surface area (Å²) in [6.07, 6.45) is 7.57. The molecule has 1 atom stereocenters. The Balaban J connectivity index is 1.85. The van der Waals surface area contributed by atoms with Crippen molar-refractivity contribution in [2.75, 3.05) is 0 Å². The summed E-state index contributed by atoms with van der Waals surface area (Å²) in [4.78, 5) is 4.79. The maximum absolute atomic E-state index is 4.79. The highest BCUT2D eigenvalue weighted by Gasteiger charge is 2.18. The van der Waals surface area contributed by atoms with E-state index in [0.717, 1.165) is 12.1 Å². The lowest BCUT2D eigenvalue weighted by Crippen LogP contribution is -2.01. The summed E-state index contributed by atoms with van der Waals surface area (Å²) in [6.45, 7) is 10.8. The molecule has 25 heavy (non-hydrogen) atoms. The van der Waals surface area contributed by atoms with Gasteiger partial charge in [-0.2, -0.15) is 0 Å². The molecule has 2 aromatic rings. The van der Waals surface area contributed by atoms with Gasteiger partial charge in [-0.25, -0.2) is 0 Å². The van der Waals surface area contributed by atoms with Gasteiger partial charge in [-0.3, -0.25) is 4.99 Å². The highest BCUT2D eigenvalue weighted by atomic mass is 14.7. The number of allylic oxidation sites excluding steroid dienone is 4. The molecule has 1 unspecified atom stereocenters. The largest absolute Gasteiger partial charge is 0.260 e. The molecule has 0 saturated heterocycles. The number of rotatable bonds is 4. The van der Waals surface area contributed by atoms with Gasteiger partial charge in [-0.05, 0) is 56.9 Å². The molecule has 0 aliphatic heterocycles. The van der Waals surface area contributed by atoms with E-state index in [1.165, 1.54) is 39.0 Å². The number of aryl methyl sites for hydroxylation is 3. The molecule has 0 bridgehead atoms. The molecule has 0 aromatic heterocycles. The second kappa shape index (κ2) is 7.23. The first-order valence-electron chi connectivity index (χ1n) is 9.00. The van der Waals surface area contributed by atoms with Crippen molar-refractivity contribution in [3.63, 3.8) is 0 Å². The Kier molecular flexibility index (Phi) is 5.03. The van der Waals surface area contributed by atoms with E-state index < -0.39 is 0 Å². The summed E-state index contributed by atoms with van der Waals surface area (Å²) < 4.78 is 0. The highest BCUT2D eigenvalue weighted by molar-refractivity contribution is 5.70. The zero-order valence-electron chi connectivity index (χ0n) is 15.9. The third-order valence-electron chi connectivity index (χ3n) is 4.93. The molecule has 0 heterocycles. The van der Waals surface area contributed by atoms with Crippen LogP contribution in [0.3, 0.4) is 0 Å². The summed E-state index contributed by atoms with van der Waals surface area (Å²) in [7, 11) is 0. The van der Waals surface area contributed by atoms with Crippen LogP contribution < -0.4 is 0 Å². The van der Waals surface area contributed by atoms with Gasteiger partial charge in [-0.1, -0.05) is 65.3 Å². The molecular formula is C24H27N. The molecule has 0 amide bonds. The predicted octanol–water partition coefficient (Wildman–Crippen LogP) is 6.55. The van der Waals surface area contributed by atoms with Crippen LogP contribution in [0, 0.1) is 20.8 Å². The zero-order valence-corrected chi connectivity index (χ0v) is 15.9. The first-order valence-corrected chi connectivity index (χ1v) is 9.00. The fourth-order valence-corrected chi connectivity index (χ4v) is 3.86. The Hall–Kier alpha value is -2.41. The Morgan fingerprint density at radius 2 is 1.64 bits per heavy atom. The third kappa shape index (κ3) is 3.82. The van der Waals surface area contributed by atoms with Crippen LogP contribution in [0.1, 0.15) is 47.6 Å². The van der Waals surface area contributed by atoms with Crippen LogP contribution in [0.5, 0.6) is 0 Å². The van der Waals surface area contributed by atoms with E-state index in [2.05, 4.69) is 89.4 Å². The van der Waals surface area contributed by atoms with Crippen molar-refractivity contribution in [1.29, 1.82) is 0 Å². The molecule has 1 aliphatic rings. The van der Waals surface area contributed by atoms with E-state index in [0.29, 0.717) is 5.92 Å². The standard InChI is InChI=1S/C24H27N/c1-16-13-19(4)24(20(5)14-16)25-11-10-21-8-6-7-9-22(21)23-15-17(2)12-18(23)3/h6-9,11-15,23H,10H2,1-5H3. The molecule has 1 aliphatic carbocycles. The summed E-state index contributed by atoms with van der Waals surface area (Å²) in [5.41, 5.74) is 10.4. The van der Waals surface area contributed by atoms with Gasteiger partial charge in [0, 0.05) is 18.6 Å². The van der Waals surface area contributed by atoms with Crippen LogP contribution in [0.4, 0.5) is 5.69 Å². The van der Waals surface area contributed by atoms with Gasteiger partial charge >= 0.3 is 0 Å². The Morgan fingerprint density at radius 1 is 0.960 bits per heavy atom. The Bertz CT molecular complexity index is 858. The molecular weight excluding hydrogens is 302 g/mol. The molecule has 0 fully saturated rings. The molecule has 1 nitrogen and oxygen atoms in total. The van der Waals surface area contributed by atoms with E-state index in [1.807, 2.05) is 0 Å². The molecule has 3 rings (SSSR count). The van der Waals surface area contributed by atoms with Gasteiger partial charge in [0.05, 0.1) is 5.69 Å². The minimum absolute atomic E-state index is 0.410. The van der Waals surface area contributed by atoms with Gasteiger partial charge in [0.1, 0.15) is 0 Å². The minimum Gasteiger partial charge on any atom is -0.260 e. The van der Waals surface area contributed by atoms with Gasteiger partial charge < -0.3 is 0 Å². The maximum atomic E-state index is 4.79. The molecule has 128 valence electrons. The second-order valence-corrected chi connectivity index (χ2v) is 7.24. The van der Waals surface area contributed by atoms with Crippen molar-refractivity contribution in [3.05, 3.63) is 87.5 Å². The summed E-state index contributed by atoms with van der Waals surface area (Å²) in [5.74, 6) is 0.410. The van der Waals surface area contributed by atoms with Gasteiger partial charge in [0.15, 0.2) is 0 Å². The lowest BCUT2D eigenvalue weighted by molar-refractivity contribution is 0.987. The Morgan fingerprint density at radius 3 is 2.28 bits per heavy atom. The van der Waals surface area contributed by atoms with E-state index in [1.54, 1.807) is 0 Å². The van der Waals surface area contributed by atoms with E-state index in [-0.39, 0.29) is 0 Å². The number of nitrogens with zero attached hydrogens (tertiary/aromatic N) is 1. The number of aliphatic imine (C=N–C) groups is 1. The van der Waals surface area contributed by atoms with Crippen LogP contribution >= 0.6 is 0 Å². The van der Waals surface area contributed by atoms with Crippen molar-refractivity contribution in [2.45, 2.75) is 47.0 Å². The predicted molar refractivity (Wildman–Crippen MR) is 109 cm³/mol. The maximum Gasteiger partial charge on any atom is 0.0684 e. The zero-order chi connectivity index (χ0) is 18.0. The van der Waals surface area contributed by atoms with Gasteiger partial charge in [0.2, 0.25) is 0 Å². The van der Waals surface area contributed by atoms with E-state index in [4.69, 9.17) is 4.99 Å². The molecule has 0 N–H and O–H groups in total. The minimum atomic E-state index is 0.410. The van der Waals surface area contributed by atoms with Crippen molar-refractivity contribution < 1.29 is 0 Å². The topological polar surface area (TPSA) is 12.4 Å². The van der Waals surface area contributed by atoms with E-state index in [9.17, 15) is 0 Å². The fourth-order valence-electron chi connectivity index (χ4n) is 3.86. The Labute approximate surface area is 151 Å². The van der Waals surface area contributed by atoms with Crippen molar-refractivity contribution >= 4 is 11.9 Å². The lowest BCUT2D eigenvalue weighted by atomic mass is 9.90. The molecule has 2 aromatic carbocycles. The lowest BCUT2D eigenvalue weighted by Gasteiger charge is -2.15.